The third-order valence-corrected chi connectivity index (χ3v) is 2.07. The summed E-state index contributed by atoms with van der Waals surface area (Å²) >= 11 is -1.28. The Hall–Kier alpha value is 0.710. The average Bonchev–Trinajstić information content (AvgIpc) is 1.78. The van der Waals surface area contributed by atoms with Crippen molar-refractivity contribution >= 4 is 39.9 Å². The molecule has 0 radical (unpaired) electrons. The second-order valence-electron chi connectivity index (χ2n) is 1.25. The Kier molecular flexibility index (Phi) is 5.72. The Labute approximate surface area is 78.5 Å². The molecule has 0 amide bonds. The van der Waals surface area contributed by atoms with Crippen molar-refractivity contribution in [2.75, 3.05) is 13.2 Å². The molecule has 0 bridgehead atoms. The molecule has 1 atom stereocenters. The first-order chi connectivity index (χ1) is 4.92. The van der Waals surface area contributed by atoms with Crippen molar-refractivity contribution in [3.05, 3.63) is 0 Å². The van der Waals surface area contributed by atoms with E-state index in [9.17, 15) is 12.6 Å². The predicted octanol–water partition coefficient (Wildman–Crippen LogP) is -0.164. The third-order valence-electron chi connectivity index (χ3n) is 0.492. The fourth-order valence-electron chi connectivity index (χ4n) is 0.239. The summed E-state index contributed by atoms with van der Waals surface area (Å²) in [5.74, 6) is 0. The minimum absolute atomic E-state index is 0.245. The van der Waals surface area contributed by atoms with Crippen LogP contribution < -0.4 is 0 Å². The first kappa shape index (κ1) is 11.7. The third kappa shape index (κ3) is 10.7. The van der Waals surface area contributed by atoms with Crippen LogP contribution in [0.25, 0.3) is 0 Å². The number of hydrogen-bond donors (Lipinski definition) is 1. The largest absolute Gasteiger partial charge is 0.321 e. The lowest BCUT2D eigenvalue weighted by Gasteiger charge is -1.97. The maximum Gasteiger partial charge on any atom is 0.321 e. The van der Waals surface area contributed by atoms with Crippen LogP contribution in [0.4, 0.5) is 0 Å². The van der Waals surface area contributed by atoms with Crippen LogP contribution >= 0.6 is 21.2 Å². The van der Waals surface area contributed by atoms with Crippen molar-refractivity contribution < 1.29 is 25.5 Å². The lowest BCUT2D eigenvalue weighted by atomic mass is 10.8. The van der Waals surface area contributed by atoms with Crippen LogP contribution in [0.15, 0.2) is 0 Å². The minimum atomic E-state index is -3.51. The zero-order valence-electron chi connectivity index (χ0n) is 5.10. The standard InChI is InChI=1S/C2H5IO6S2/c3-11(6,7)9-2-1-8-10(4)5/h1-2H2,(H,4,5). The van der Waals surface area contributed by atoms with Gasteiger partial charge in [0.25, 0.3) is 0 Å². The topological polar surface area (TPSA) is 89.9 Å². The quantitative estimate of drug-likeness (QED) is 0.328. The highest BCUT2D eigenvalue weighted by Crippen LogP contribution is 2.02. The molecule has 0 aliphatic heterocycles. The van der Waals surface area contributed by atoms with Gasteiger partial charge in [-0.1, -0.05) is 0 Å². The highest BCUT2D eigenvalue weighted by molar-refractivity contribution is 14.2. The highest BCUT2D eigenvalue weighted by atomic mass is 127. The van der Waals surface area contributed by atoms with Gasteiger partial charge < -0.3 is 0 Å². The van der Waals surface area contributed by atoms with E-state index in [1.165, 1.54) is 0 Å². The van der Waals surface area contributed by atoms with E-state index in [0.717, 1.165) is 21.2 Å². The van der Waals surface area contributed by atoms with E-state index in [0.29, 0.717) is 0 Å². The Morgan fingerprint density at radius 1 is 1.45 bits per heavy atom. The molecule has 0 saturated carbocycles. The van der Waals surface area contributed by atoms with Gasteiger partial charge in [-0.3, -0.25) is 12.9 Å². The fraction of sp³-hybridized carbons (Fsp3) is 1.00. The van der Waals surface area contributed by atoms with Crippen molar-refractivity contribution in [2.45, 2.75) is 0 Å². The zero-order chi connectivity index (χ0) is 8.91. The summed E-state index contributed by atoms with van der Waals surface area (Å²) in [6.45, 7) is -0.511. The lowest BCUT2D eigenvalue weighted by Crippen LogP contribution is -2.07. The molecule has 1 unspecified atom stereocenters. The van der Waals surface area contributed by atoms with Gasteiger partial charge in [-0.15, -0.1) is 0 Å². The van der Waals surface area contributed by atoms with E-state index >= 15 is 0 Å². The van der Waals surface area contributed by atoms with Crippen LogP contribution in [-0.2, 0) is 27.0 Å². The van der Waals surface area contributed by atoms with E-state index in [4.69, 9.17) is 4.55 Å². The summed E-state index contributed by atoms with van der Waals surface area (Å²) in [5.41, 5.74) is 0. The smallest absolute Gasteiger partial charge is 0.284 e. The van der Waals surface area contributed by atoms with Crippen molar-refractivity contribution in [1.29, 1.82) is 0 Å². The summed E-state index contributed by atoms with van der Waals surface area (Å²) in [5, 5.41) is 0. The maximum atomic E-state index is 10.2. The minimum Gasteiger partial charge on any atom is -0.284 e. The van der Waals surface area contributed by atoms with Crippen LogP contribution in [0.3, 0.4) is 0 Å². The molecule has 1 N–H and O–H groups in total. The molecule has 0 rings (SSSR count). The van der Waals surface area contributed by atoms with Gasteiger partial charge in [0.15, 0.2) is 0 Å². The van der Waals surface area contributed by atoms with Crippen molar-refractivity contribution in [1.82, 2.24) is 0 Å². The molecule has 0 aromatic heterocycles. The van der Waals surface area contributed by atoms with Crippen molar-refractivity contribution in [3.8, 4) is 0 Å². The van der Waals surface area contributed by atoms with E-state index in [1.807, 2.05) is 0 Å². The second kappa shape index (κ2) is 5.37. The monoisotopic (exact) mass is 316 g/mol. The lowest BCUT2D eigenvalue weighted by molar-refractivity contribution is 0.226. The van der Waals surface area contributed by atoms with Crippen LogP contribution in [0.5, 0.6) is 0 Å². The summed E-state index contributed by atoms with van der Waals surface area (Å²) < 4.78 is 46.6. The van der Waals surface area contributed by atoms with Gasteiger partial charge in [-0.2, -0.15) is 12.6 Å². The van der Waals surface area contributed by atoms with E-state index in [-0.39, 0.29) is 13.2 Å². The molecular formula is C2H5IO6S2. The molecule has 0 spiro atoms. The number of hydrogen-bond acceptors (Lipinski definition) is 5. The molecule has 9 heteroatoms. The SMILES string of the molecule is O=S(O)OCCOS(=O)(=O)I. The van der Waals surface area contributed by atoms with Gasteiger partial charge in [0.1, 0.15) is 21.2 Å². The molecule has 0 saturated heterocycles. The van der Waals surface area contributed by atoms with Crippen LogP contribution in [0.2, 0.25) is 0 Å². The summed E-state index contributed by atoms with van der Waals surface area (Å²) in [4.78, 5) is 0. The van der Waals surface area contributed by atoms with Gasteiger partial charge in [0.05, 0.1) is 13.2 Å². The van der Waals surface area contributed by atoms with Gasteiger partial charge in [-0.25, -0.2) is 0 Å². The van der Waals surface area contributed by atoms with E-state index in [1.54, 1.807) is 0 Å². The summed E-state index contributed by atoms with van der Waals surface area (Å²) in [6.07, 6.45) is 0. The van der Waals surface area contributed by atoms with Gasteiger partial charge in [-0.05, 0) is 0 Å². The molecule has 11 heavy (non-hydrogen) atoms. The molecule has 6 nitrogen and oxygen atoms in total. The second-order valence-corrected chi connectivity index (χ2v) is 6.18. The average molecular weight is 316 g/mol. The normalized spacial score (nSPS) is 14.7. The van der Waals surface area contributed by atoms with E-state index < -0.39 is 18.7 Å². The summed E-state index contributed by atoms with van der Waals surface area (Å²) in [6, 6.07) is 0. The first-order valence-electron chi connectivity index (χ1n) is 2.25. The van der Waals surface area contributed by atoms with Gasteiger partial charge in [0.2, 0.25) is 0 Å². The van der Waals surface area contributed by atoms with Crippen LogP contribution in [0, 0.1) is 0 Å². The highest BCUT2D eigenvalue weighted by Gasteiger charge is 2.03. The van der Waals surface area contributed by atoms with Gasteiger partial charge in [0, 0.05) is 0 Å². The predicted molar refractivity (Wildman–Crippen MR) is 45.6 cm³/mol. The fourth-order valence-corrected chi connectivity index (χ4v) is 1.26. The molecular weight excluding hydrogens is 311 g/mol. The molecule has 0 fully saturated rings. The molecule has 68 valence electrons. The zero-order valence-corrected chi connectivity index (χ0v) is 8.89. The van der Waals surface area contributed by atoms with Crippen molar-refractivity contribution in [2.24, 2.45) is 0 Å². The first-order valence-corrected chi connectivity index (χ1v) is 7.23. The van der Waals surface area contributed by atoms with Crippen LogP contribution in [0.1, 0.15) is 0 Å². The van der Waals surface area contributed by atoms with Crippen LogP contribution in [-0.4, -0.2) is 30.4 Å². The number of rotatable bonds is 5. The Morgan fingerprint density at radius 3 is 2.36 bits per heavy atom. The molecule has 0 aromatic carbocycles. The molecule has 0 aromatic rings. The molecule has 0 aliphatic carbocycles. The number of halogens is 1. The Morgan fingerprint density at radius 2 is 2.00 bits per heavy atom. The molecule has 0 heterocycles. The Balaban J connectivity index is 3.37. The molecule has 0 aliphatic rings. The maximum absolute atomic E-state index is 10.2. The van der Waals surface area contributed by atoms with Gasteiger partial charge >= 0.3 is 18.7 Å². The van der Waals surface area contributed by atoms with Crippen molar-refractivity contribution in [3.63, 3.8) is 0 Å². The Bertz CT molecular complexity index is 221. The van der Waals surface area contributed by atoms with E-state index in [2.05, 4.69) is 8.37 Å². The summed E-state index contributed by atoms with van der Waals surface area (Å²) in [7, 11) is -3.51.